The van der Waals surface area contributed by atoms with E-state index in [1.165, 1.54) is 29.4 Å². The maximum absolute atomic E-state index is 4.72. The van der Waals surface area contributed by atoms with Crippen molar-refractivity contribution in [3.8, 4) is 0 Å². The number of nitrogens with zero attached hydrogens (tertiary/aromatic N) is 2. The highest BCUT2D eigenvalue weighted by Gasteiger charge is 2.18. The van der Waals surface area contributed by atoms with Gasteiger partial charge in [-0.3, -0.25) is 4.68 Å². The van der Waals surface area contributed by atoms with Gasteiger partial charge in [-0.05, 0) is 37.8 Å². The molecular weight excluding hydrogens is 246 g/mol. The Balaban J connectivity index is 2.14. The molecule has 0 saturated carbocycles. The molecule has 0 radical (unpaired) electrons. The molecule has 0 saturated heterocycles. The molecule has 3 nitrogen and oxygen atoms in total. The van der Waals surface area contributed by atoms with Crippen LogP contribution in [0.3, 0.4) is 0 Å². The van der Waals surface area contributed by atoms with Crippen molar-refractivity contribution in [3.05, 3.63) is 30.0 Å². The summed E-state index contributed by atoms with van der Waals surface area (Å²) in [5.74, 6) is 0.602. The normalized spacial score (nSPS) is 14.6. The number of hydrogen-bond donors (Lipinski definition) is 1. The first-order chi connectivity index (χ1) is 9.67. The van der Waals surface area contributed by atoms with E-state index in [9.17, 15) is 0 Å². The molecule has 0 aliphatic heterocycles. The van der Waals surface area contributed by atoms with Gasteiger partial charge in [0.15, 0.2) is 0 Å². The number of fused-ring (bicyclic) bond motifs is 1. The third kappa shape index (κ3) is 3.21. The molecule has 1 aromatic carbocycles. The Morgan fingerprint density at radius 2 is 2.00 bits per heavy atom. The first-order valence-corrected chi connectivity index (χ1v) is 7.81. The second kappa shape index (κ2) is 6.89. The second-order valence-electron chi connectivity index (χ2n) is 5.74. The van der Waals surface area contributed by atoms with Crippen LogP contribution < -0.4 is 5.32 Å². The second-order valence-corrected chi connectivity index (χ2v) is 5.74. The van der Waals surface area contributed by atoms with E-state index in [-0.39, 0.29) is 0 Å². The number of benzene rings is 1. The van der Waals surface area contributed by atoms with E-state index in [4.69, 9.17) is 5.10 Å². The van der Waals surface area contributed by atoms with E-state index < -0.39 is 0 Å². The van der Waals surface area contributed by atoms with Gasteiger partial charge in [-0.25, -0.2) is 0 Å². The van der Waals surface area contributed by atoms with Crippen molar-refractivity contribution in [1.82, 2.24) is 15.1 Å². The molecule has 110 valence electrons. The lowest BCUT2D eigenvalue weighted by Crippen LogP contribution is -2.36. The van der Waals surface area contributed by atoms with Crippen LogP contribution >= 0.6 is 0 Å². The summed E-state index contributed by atoms with van der Waals surface area (Å²) in [4.78, 5) is 0. The van der Waals surface area contributed by atoms with Crippen LogP contribution in [0, 0.1) is 5.92 Å². The summed E-state index contributed by atoms with van der Waals surface area (Å²) in [6.45, 7) is 7.92. The zero-order valence-electron chi connectivity index (χ0n) is 13.2. The van der Waals surface area contributed by atoms with Crippen molar-refractivity contribution in [1.29, 1.82) is 0 Å². The molecule has 0 spiro atoms. The highest BCUT2D eigenvalue weighted by atomic mass is 15.3. The van der Waals surface area contributed by atoms with Crippen molar-refractivity contribution < 1.29 is 0 Å². The zero-order valence-corrected chi connectivity index (χ0v) is 13.2. The van der Waals surface area contributed by atoms with E-state index in [0.717, 1.165) is 13.0 Å². The standard InChI is InChI=1S/C17H27N3/c1-5-11-18-15(6-2)13(3)12-16-14-9-7-8-10-17(14)20(4)19-16/h7-10,13,15,18H,5-6,11-12H2,1-4H3. The summed E-state index contributed by atoms with van der Waals surface area (Å²) in [6, 6.07) is 9.09. The van der Waals surface area contributed by atoms with E-state index in [1.807, 2.05) is 11.7 Å². The third-order valence-electron chi connectivity index (χ3n) is 4.13. The van der Waals surface area contributed by atoms with Gasteiger partial charge in [-0.1, -0.05) is 39.0 Å². The number of aromatic nitrogens is 2. The van der Waals surface area contributed by atoms with Crippen LogP contribution in [-0.4, -0.2) is 22.4 Å². The molecule has 2 aromatic rings. The summed E-state index contributed by atoms with van der Waals surface area (Å²) in [5.41, 5.74) is 2.46. The van der Waals surface area contributed by atoms with Gasteiger partial charge in [-0.2, -0.15) is 5.10 Å². The maximum atomic E-state index is 4.72. The number of nitrogens with one attached hydrogen (secondary N) is 1. The molecule has 2 atom stereocenters. The molecule has 1 aromatic heterocycles. The van der Waals surface area contributed by atoms with Gasteiger partial charge in [-0.15, -0.1) is 0 Å². The lowest BCUT2D eigenvalue weighted by atomic mass is 9.93. The summed E-state index contributed by atoms with van der Waals surface area (Å²) >= 11 is 0. The van der Waals surface area contributed by atoms with E-state index in [2.05, 4.69) is 50.4 Å². The Bertz CT molecular complexity index is 544. The smallest absolute Gasteiger partial charge is 0.0706 e. The molecule has 1 N–H and O–H groups in total. The number of hydrogen-bond acceptors (Lipinski definition) is 2. The molecular formula is C17H27N3. The molecule has 0 amide bonds. The molecule has 1 heterocycles. The SMILES string of the molecule is CCCNC(CC)C(C)Cc1nn(C)c2ccccc12. The maximum Gasteiger partial charge on any atom is 0.0706 e. The Morgan fingerprint density at radius 1 is 1.25 bits per heavy atom. The Morgan fingerprint density at radius 3 is 2.70 bits per heavy atom. The van der Waals surface area contributed by atoms with Crippen molar-refractivity contribution >= 4 is 10.9 Å². The Hall–Kier alpha value is -1.35. The summed E-state index contributed by atoms with van der Waals surface area (Å²) < 4.78 is 2.00. The van der Waals surface area contributed by atoms with Crippen LogP contribution in [0.4, 0.5) is 0 Å². The molecule has 2 rings (SSSR count). The van der Waals surface area contributed by atoms with Gasteiger partial charge >= 0.3 is 0 Å². The first kappa shape index (κ1) is 15.0. The van der Waals surface area contributed by atoms with Crippen LogP contribution in [0.2, 0.25) is 0 Å². The van der Waals surface area contributed by atoms with Crippen molar-refractivity contribution in [3.63, 3.8) is 0 Å². The molecule has 20 heavy (non-hydrogen) atoms. The molecule has 2 unspecified atom stereocenters. The largest absolute Gasteiger partial charge is 0.314 e. The van der Waals surface area contributed by atoms with Gasteiger partial charge in [0, 0.05) is 18.5 Å². The van der Waals surface area contributed by atoms with Gasteiger partial charge in [0.25, 0.3) is 0 Å². The van der Waals surface area contributed by atoms with E-state index in [1.54, 1.807) is 0 Å². The van der Waals surface area contributed by atoms with Crippen molar-refractivity contribution in [2.45, 2.75) is 46.1 Å². The quantitative estimate of drug-likeness (QED) is 0.836. The Kier molecular flexibility index (Phi) is 5.18. The first-order valence-electron chi connectivity index (χ1n) is 7.81. The van der Waals surface area contributed by atoms with Gasteiger partial charge in [0.2, 0.25) is 0 Å². The predicted octanol–water partition coefficient (Wildman–Crippen LogP) is 3.53. The summed E-state index contributed by atoms with van der Waals surface area (Å²) in [7, 11) is 2.03. The topological polar surface area (TPSA) is 29.9 Å². The summed E-state index contributed by atoms with van der Waals surface area (Å²) in [5, 5.41) is 9.67. The fraction of sp³-hybridized carbons (Fsp3) is 0.588. The molecule has 0 fully saturated rings. The van der Waals surface area contributed by atoms with Crippen LogP contribution in [-0.2, 0) is 13.5 Å². The predicted molar refractivity (Wildman–Crippen MR) is 86.0 cm³/mol. The average molecular weight is 273 g/mol. The number of aryl methyl sites for hydroxylation is 1. The minimum atomic E-state index is 0.579. The van der Waals surface area contributed by atoms with Crippen LogP contribution in [0.25, 0.3) is 10.9 Å². The highest BCUT2D eigenvalue weighted by Crippen LogP contribution is 2.22. The van der Waals surface area contributed by atoms with Gasteiger partial charge in [0.05, 0.1) is 11.2 Å². The van der Waals surface area contributed by atoms with Crippen LogP contribution in [0.15, 0.2) is 24.3 Å². The van der Waals surface area contributed by atoms with Crippen molar-refractivity contribution in [2.24, 2.45) is 13.0 Å². The lowest BCUT2D eigenvalue weighted by Gasteiger charge is -2.23. The van der Waals surface area contributed by atoms with Gasteiger partial charge in [0.1, 0.15) is 0 Å². The fourth-order valence-corrected chi connectivity index (χ4v) is 2.96. The molecule has 3 heteroatoms. The van der Waals surface area contributed by atoms with Gasteiger partial charge < -0.3 is 5.32 Å². The number of rotatable bonds is 7. The molecule has 0 bridgehead atoms. The molecule has 0 aliphatic rings. The van der Waals surface area contributed by atoms with E-state index >= 15 is 0 Å². The molecule has 0 aliphatic carbocycles. The number of para-hydroxylation sites is 1. The Labute approximate surface area is 122 Å². The minimum Gasteiger partial charge on any atom is -0.314 e. The monoisotopic (exact) mass is 273 g/mol. The van der Waals surface area contributed by atoms with Crippen LogP contribution in [0.5, 0.6) is 0 Å². The third-order valence-corrected chi connectivity index (χ3v) is 4.13. The minimum absolute atomic E-state index is 0.579. The van der Waals surface area contributed by atoms with E-state index in [0.29, 0.717) is 12.0 Å². The van der Waals surface area contributed by atoms with Crippen molar-refractivity contribution in [2.75, 3.05) is 6.54 Å². The highest BCUT2D eigenvalue weighted by molar-refractivity contribution is 5.81. The average Bonchev–Trinajstić information content (AvgIpc) is 2.77. The van der Waals surface area contributed by atoms with Crippen LogP contribution in [0.1, 0.15) is 39.3 Å². The summed E-state index contributed by atoms with van der Waals surface area (Å²) in [6.07, 6.45) is 3.40. The lowest BCUT2D eigenvalue weighted by molar-refractivity contribution is 0.362. The fourth-order valence-electron chi connectivity index (χ4n) is 2.96. The zero-order chi connectivity index (χ0) is 14.5.